The van der Waals surface area contributed by atoms with Gasteiger partial charge < -0.3 is 8.85 Å². The fourth-order valence-electron chi connectivity index (χ4n) is 4.31. The molecule has 2 fully saturated rings. The Morgan fingerprint density at radius 1 is 0.895 bits per heavy atom. The second kappa shape index (κ2) is 8.43. The fourth-order valence-corrected chi connectivity index (χ4v) is 5.60. The summed E-state index contributed by atoms with van der Waals surface area (Å²) in [7, 11) is 2.30. The van der Waals surface area contributed by atoms with Crippen molar-refractivity contribution in [3.05, 3.63) is 0 Å². The van der Waals surface area contributed by atoms with Gasteiger partial charge >= 0.3 is 9.28 Å². The van der Waals surface area contributed by atoms with Crippen LogP contribution in [0.1, 0.15) is 64.2 Å². The highest BCUT2D eigenvalue weighted by Crippen LogP contribution is 2.49. The first-order chi connectivity index (χ1) is 9.33. The van der Waals surface area contributed by atoms with Crippen LogP contribution in [-0.4, -0.2) is 23.5 Å². The SMILES string of the molecule is CO[SiH](CCCCCCCC1CC2CCC1C2)OC. The third-order valence-electron chi connectivity index (χ3n) is 5.43. The van der Waals surface area contributed by atoms with E-state index in [9.17, 15) is 0 Å². The third kappa shape index (κ3) is 4.87. The topological polar surface area (TPSA) is 18.5 Å². The Morgan fingerprint density at radius 3 is 2.26 bits per heavy atom. The normalized spacial score (nSPS) is 29.5. The summed E-state index contributed by atoms with van der Waals surface area (Å²) in [4.78, 5) is 0. The molecule has 19 heavy (non-hydrogen) atoms. The summed E-state index contributed by atoms with van der Waals surface area (Å²) in [5, 5.41) is 0. The number of rotatable bonds is 10. The molecule has 0 aromatic carbocycles. The van der Waals surface area contributed by atoms with Crippen molar-refractivity contribution in [2.45, 2.75) is 70.3 Å². The minimum atomic E-state index is -1.28. The lowest BCUT2D eigenvalue weighted by Gasteiger charge is -2.21. The molecule has 0 aliphatic heterocycles. The zero-order valence-electron chi connectivity index (χ0n) is 12.9. The van der Waals surface area contributed by atoms with E-state index in [4.69, 9.17) is 8.85 Å². The van der Waals surface area contributed by atoms with Crippen molar-refractivity contribution >= 4 is 9.28 Å². The van der Waals surface area contributed by atoms with E-state index < -0.39 is 9.28 Å². The minimum Gasteiger partial charge on any atom is -0.400 e. The van der Waals surface area contributed by atoms with Gasteiger partial charge in [0.25, 0.3) is 0 Å². The highest BCUT2D eigenvalue weighted by atomic mass is 28.3. The Morgan fingerprint density at radius 2 is 1.63 bits per heavy atom. The maximum absolute atomic E-state index is 5.34. The Balaban J connectivity index is 1.40. The van der Waals surface area contributed by atoms with Gasteiger partial charge in [0.1, 0.15) is 0 Å². The Bertz CT molecular complexity index is 243. The molecule has 3 unspecified atom stereocenters. The van der Waals surface area contributed by atoms with Gasteiger partial charge in [-0.2, -0.15) is 0 Å². The maximum atomic E-state index is 5.34. The van der Waals surface area contributed by atoms with Crippen LogP contribution in [0.4, 0.5) is 0 Å². The highest BCUT2D eigenvalue weighted by Gasteiger charge is 2.38. The molecule has 112 valence electrons. The molecule has 0 spiro atoms. The molecule has 2 bridgehead atoms. The molecular weight excluding hydrogens is 252 g/mol. The van der Waals surface area contributed by atoms with Crippen LogP contribution in [-0.2, 0) is 8.85 Å². The van der Waals surface area contributed by atoms with Crippen LogP contribution in [0.3, 0.4) is 0 Å². The van der Waals surface area contributed by atoms with Crippen LogP contribution in [0.15, 0.2) is 0 Å². The summed E-state index contributed by atoms with van der Waals surface area (Å²) in [6, 6.07) is 1.18. The summed E-state index contributed by atoms with van der Waals surface area (Å²) in [5.41, 5.74) is 0. The average Bonchev–Trinajstić information content (AvgIpc) is 3.04. The molecule has 0 aromatic rings. The van der Waals surface area contributed by atoms with Crippen LogP contribution in [0, 0.1) is 17.8 Å². The van der Waals surface area contributed by atoms with E-state index in [-0.39, 0.29) is 0 Å². The number of hydrogen-bond donors (Lipinski definition) is 0. The number of hydrogen-bond acceptors (Lipinski definition) is 2. The fraction of sp³-hybridized carbons (Fsp3) is 1.00. The van der Waals surface area contributed by atoms with Crippen molar-refractivity contribution in [3.63, 3.8) is 0 Å². The lowest BCUT2D eigenvalue weighted by atomic mass is 9.85. The van der Waals surface area contributed by atoms with Gasteiger partial charge in [-0.1, -0.05) is 44.9 Å². The molecule has 2 aliphatic carbocycles. The van der Waals surface area contributed by atoms with Gasteiger partial charge in [-0.15, -0.1) is 0 Å². The first kappa shape index (κ1) is 15.5. The molecule has 0 saturated heterocycles. The molecule has 2 rings (SSSR count). The van der Waals surface area contributed by atoms with E-state index in [0.717, 1.165) is 17.8 Å². The van der Waals surface area contributed by atoms with Gasteiger partial charge in [-0.05, 0) is 43.1 Å². The highest BCUT2D eigenvalue weighted by molar-refractivity contribution is 6.44. The molecule has 3 atom stereocenters. The zero-order valence-corrected chi connectivity index (χ0v) is 14.1. The average molecular weight is 285 g/mol. The molecule has 0 radical (unpaired) electrons. The lowest BCUT2D eigenvalue weighted by molar-refractivity contribution is 0.276. The van der Waals surface area contributed by atoms with E-state index >= 15 is 0 Å². The predicted molar refractivity (Wildman–Crippen MR) is 82.6 cm³/mol. The number of fused-ring (bicyclic) bond motifs is 2. The quantitative estimate of drug-likeness (QED) is 0.440. The van der Waals surface area contributed by atoms with Gasteiger partial charge in [-0.3, -0.25) is 0 Å². The molecular formula is C16H32O2Si. The largest absolute Gasteiger partial charge is 0.400 e. The molecule has 2 aliphatic rings. The summed E-state index contributed by atoms with van der Waals surface area (Å²) < 4.78 is 10.7. The molecule has 2 saturated carbocycles. The van der Waals surface area contributed by atoms with Crippen molar-refractivity contribution in [1.29, 1.82) is 0 Å². The van der Waals surface area contributed by atoms with Crippen LogP contribution >= 0.6 is 0 Å². The first-order valence-corrected chi connectivity index (χ1v) is 10.1. The summed E-state index contributed by atoms with van der Waals surface area (Å²) in [6.07, 6.45) is 14.8. The zero-order chi connectivity index (χ0) is 13.5. The van der Waals surface area contributed by atoms with E-state index in [0.29, 0.717) is 0 Å². The van der Waals surface area contributed by atoms with Crippen LogP contribution in [0.25, 0.3) is 0 Å². The predicted octanol–water partition coefficient (Wildman–Crippen LogP) is 4.28. The minimum absolute atomic E-state index is 1.11. The summed E-state index contributed by atoms with van der Waals surface area (Å²) >= 11 is 0. The Labute approximate surface area is 121 Å². The van der Waals surface area contributed by atoms with E-state index in [1.807, 2.05) is 0 Å². The Kier molecular flexibility index (Phi) is 6.89. The molecule has 3 heteroatoms. The number of unbranched alkanes of at least 4 members (excludes halogenated alkanes) is 4. The van der Waals surface area contributed by atoms with E-state index in [2.05, 4.69) is 0 Å². The molecule has 0 N–H and O–H groups in total. The van der Waals surface area contributed by atoms with Gasteiger partial charge in [-0.25, -0.2) is 0 Å². The third-order valence-corrected chi connectivity index (χ3v) is 7.36. The molecule has 0 amide bonds. The van der Waals surface area contributed by atoms with Crippen molar-refractivity contribution in [1.82, 2.24) is 0 Å². The van der Waals surface area contributed by atoms with Gasteiger partial charge in [0, 0.05) is 14.2 Å². The summed E-state index contributed by atoms with van der Waals surface area (Å²) in [5.74, 6) is 3.36. The lowest BCUT2D eigenvalue weighted by Crippen LogP contribution is -2.18. The van der Waals surface area contributed by atoms with Crippen molar-refractivity contribution in [3.8, 4) is 0 Å². The van der Waals surface area contributed by atoms with Gasteiger partial charge in [0.2, 0.25) is 0 Å². The van der Waals surface area contributed by atoms with Crippen molar-refractivity contribution in [2.24, 2.45) is 17.8 Å². The molecule has 0 heterocycles. The second-order valence-corrected chi connectivity index (χ2v) is 9.06. The smallest absolute Gasteiger partial charge is 0.320 e. The molecule has 0 aromatic heterocycles. The standard InChI is InChI=1S/C16H32O2Si/c1-17-19(18-2)11-7-5-3-4-6-8-15-12-14-9-10-16(15)13-14/h14-16,19H,3-13H2,1-2H3. The van der Waals surface area contributed by atoms with Crippen molar-refractivity contribution < 1.29 is 8.85 Å². The van der Waals surface area contributed by atoms with Gasteiger partial charge in [0.15, 0.2) is 0 Å². The van der Waals surface area contributed by atoms with E-state index in [1.54, 1.807) is 39.9 Å². The maximum Gasteiger partial charge on any atom is 0.320 e. The summed E-state index contributed by atoms with van der Waals surface area (Å²) in [6.45, 7) is 0. The van der Waals surface area contributed by atoms with Crippen LogP contribution in [0.2, 0.25) is 6.04 Å². The molecule has 2 nitrogen and oxygen atoms in total. The van der Waals surface area contributed by atoms with Crippen LogP contribution < -0.4 is 0 Å². The second-order valence-electron chi connectivity index (χ2n) is 6.68. The van der Waals surface area contributed by atoms with Crippen LogP contribution in [0.5, 0.6) is 0 Å². The van der Waals surface area contributed by atoms with Gasteiger partial charge in [0.05, 0.1) is 0 Å². The first-order valence-electron chi connectivity index (χ1n) is 8.39. The van der Waals surface area contributed by atoms with Crippen molar-refractivity contribution in [2.75, 3.05) is 14.2 Å². The van der Waals surface area contributed by atoms with E-state index in [1.165, 1.54) is 44.6 Å². The Hall–Kier alpha value is 0.137. The monoisotopic (exact) mass is 284 g/mol.